The van der Waals surface area contributed by atoms with Crippen molar-refractivity contribution in [3.8, 4) is 11.5 Å². The molecular weight excluding hydrogens is 371 g/mol. The van der Waals surface area contributed by atoms with Gasteiger partial charge in [0.25, 0.3) is 0 Å². The van der Waals surface area contributed by atoms with Gasteiger partial charge in [-0.15, -0.1) is 0 Å². The average Bonchev–Trinajstić information content (AvgIpc) is 2.66. The monoisotopic (exact) mass is 408 g/mol. The van der Waals surface area contributed by atoms with E-state index < -0.39 is 0 Å². The fourth-order valence-corrected chi connectivity index (χ4v) is 3.81. The lowest BCUT2D eigenvalue weighted by Crippen LogP contribution is -2.26. The van der Waals surface area contributed by atoms with Crippen LogP contribution >= 0.6 is 0 Å². The third kappa shape index (κ3) is 5.81. The van der Waals surface area contributed by atoms with E-state index in [1.807, 2.05) is 0 Å². The van der Waals surface area contributed by atoms with Crippen LogP contribution in [-0.2, 0) is 0 Å². The van der Waals surface area contributed by atoms with Gasteiger partial charge in [-0.05, 0) is 51.2 Å². The highest BCUT2D eigenvalue weighted by atomic mass is 27.0. The van der Waals surface area contributed by atoms with E-state index in [4.69, 9.17) is 9.47 Å². The Hall–Kier alpha value is -1.43. The Kier molecular flexibility index (Phi) is 8.68. The molecule has 2 rings (SSSR count). The molecule has 2 aromatic carbocycles. The van der Waals surface area contributed by atoms with Gasteiger partial charge in [0.15, 0.2) is 0 Å². The molecule has 0 saturated carbocycles. The second-order valence-electron chi connectivity index (χ2n) is 9.05. The third-order valence-electron chi connectivity index (χ3n) is 5.33. The zero-order valence-electron chi connectivity index (χ0n) is 19.5. The Bertz CT molecular complexity index is 675. The molecule has 0 heterocycles. The Morgan fingerprint density at radius 3 is 1.07 bits per heavy atom. The van der Waals surface area contributed by atoms with Gasteiger partial charge in [-0.3, -0.25) is 0 Å². The van der Waals surface area contributed by atoms with Crippen LogP contribution in [0.25, 0.3) is 0 Å². The normalized spacial score (nSPS) is 11.9. The molecule has 0 atom stereocenters. The van der Waals surface area contributed by atoms with Crippen molar-refractivity contribution in [3.05, 3.63) is 58.7 Å². The second kappa shape index (κ2) is 10.6. The molecule has 3 heteroatoms. The van der Waals surface area contributed by atoms with Crippen LogP contribution in [0.15, 0.2) is 36.4 Å². The number of hydrogen-bond acceptors (Lipinski definition) is 2. The van der Waals surface area contributed by atoms with Gasteiger partial charge >= 0.3 is 0 Å². The predicted octanol–water partition coefficient (Wildman–Crippen LogP) is 7.55. The molecule has 156 valence electrons. The summed E-state index contributed by atoms with van der Waals surface area (Å²) in [6.45, 7) is 17.7. The SMILES string of the molecule is CC(C)c1cccc(C(C)C)c1OC([CH2][Al])Oc1c(C(C)C)cccc1C(C)C. The molecule has 0 amide bonds. The molecule has 0 spiro atoms. The van der Waals surface area contributed by atoms with Crippen LogP contribution in [0.2, 0.25) is 5.28 Å². The summed E-state index contributed by atoms with van der Waals surface area (Å²) < 4.78 is 13.2. The van der Waals surface area contributed by atoms with E-state index in [-0.39, 0.29) is 6.29 Å². The quantitative estimate of drug-likeness (QED) is 0.315. The molecule has 0 fully saturated rings. The fraction of sp³-hybridized carbons (Fsp3) is 0.538. The number of para-hydroxylation sites is 2. The van der Waals surface area contributed by atoms with Crippen molar-refractivity contribution < 1.29 is 9.47 Å². The molecule has 0 bridgehead atoms. The number of benzene rings is 2. The zero-order chi connectivity index (χ0) is 21.7. The van der Waals surface area contributed by atoms with Crippen molar-refractivity contribution in [1.82, 2.24) is 0 Å². The van der Waals surface area contributed by atoms with Crippen LogP contribution in [0, 0.1) is 0 Å². The lowest BCUT2D eigenvalue weighted by molar-refractivity contribution is 0.0192. The molecule has 0 saturated heterocycles. The molecule has 0 aromatic heterocycles. The molecule has 2 radical (unpaired) electrons. The molecule has 0 aliphatic heterocycles. The summed E-state index contributed by atoms with van der Waals surface area (Å²) in [5.41, 5.74) is 4.96. The van der Waals surface area contributed by atoms with E-state index in [0.717, 1.165) is 11.5 Å². The first-order valence-electron chi connectivity index (χ1n) is 11.0. The third-order valence-corrected chi connectivity index (χ3v) is 5.72. The van der Waals surface area contributed by atoms with E-state index in [1.165, 1.54) is 22.3 Å². The van der Waals surface area contributed by atoms with E-state index in [1.54, 1.807) is 0 Å². The van der Waals surface area contributed by atoms with Crippen molar-refractivity contribution in [3.63, 3.8) is 0 Å². The van der Waals surface area contributed by atoms with Gasteiger partial charge in [0.2, 0.25) is 6.29 Å². The minimum absolute atomic E-state index is 0.352. The van der Waals surface area contributed by atoms with Crippen molar-refractivity contribution in [2.45, 2.75) is 90.6 Å². The lowest BCUT2D eigenvalue weighted by atomic mass is 9.94. The Morgan fingerprint density at radius 1 is 0.586 bits per heavy atom. The highest BCUT2D eigenvalue weighted by molar-refractivity contribution is 6.08. The molecular formula is C26H37AlO2. The summed E-state index contributed by atoms with van der Waals surface area (Å²) in [5.74, 6) is 3.54. The summed E-state index contributed by atoms with van der Waals surface area (Å²) in [5, 5.41) is 0.702. The van der Waals surface area contributed by atoms with E-state index >= 15 is 0 Å². The highest BCUT2D eigenvalue weighted by Crippen LogP contribution is 2.38. The standard InChI is InChI=1S/C26H37O2.Al/c1-16(2)21-12-10-13-22(17(3)4)25(21)27-20(9)28-26-23(18(5)6)14-11-15-24(26)19(7)8;/h10-20H,9H2,1-8H3;. The maximum absolute atomic E-state index is 6.58. The topological polar surface area (TPSA) is 18.5 Å². The molecule has 29 heavy (non-hydrogen) atoms. The van der Waals surface area contributed by atoms with Gasteiger partial charge in [0.1, 0.15) is 27.8 Å². The summed E-state index contributed by atoms with van der Waals surface area (Å²) in [7, 11) is 0. The molecule has 0 unspecified atom stereocenters. The van der Waals surface area contributed by atoms with E-state index in [0.29, 0.717) is 29.0 Å². The van der Waals surface area contributed by atoms with Gasteiger partial charge < -0.3 is 9.47 Å². The van der Waals surface area contributed by atoms with Gasteiger partial charge in [0, 0.05) is 0 Å². The number of rotatable bonds is 9. The summed E-state index contributed by atoms with van der Waals surface area (Å²) in [6.07, 6.45) is -0.352. The smallest absolute Gasteiger partial charge is 0.227 e. The van der Waals surface area contributed by atoms with Crippen LogP contribution in [0.5, 0.6) is 11.5 Å². The van der Waals surface area contributed by atoms with Crippen molar-refractivity contribution >= 4 is 16.3 Å². The van der Waals surface area contributed by atoms with Crippen molar-refractivity contribution in [2.24, 2.45) is 0 Å². The predicted molar refractivity (Wildman–Crippen MR) is 125 cm³/mol. The van der Waals surface area contributed by atoms with Crippen LogP contribution in [0.3, 0.4) is 0 Å². The Morgan fingerprint density at radius 2 is 0.862 bits per heavy atom. The van der Waals surface area contributed by atoms with Crippen LogP contribution in [0.4, 0.5) is 0 Å². The minimum Gasteiger partial charge on any atom is -0.456 e. The first kappa shape index (κ1) is 23.8. The number of hydrogen-bond donors (Lipinski definition) is 0. The molecule has 2 nitrogen and oxygen atoms in total. The highest BCUT2D eigenvalue weighted by Gasteiger charge is 2.22. The maximum atomic E-state index is 6.58. The summed E-state index contributed by atoms with van der Waals surface area (Å²) in [4.78, 5) is 0. The van der Waals surface area contributed by atoms with Crippen molar-refractivity contribution in [1.29, 1.82) is 0 Å². The molecule has 2 aromatic rings. The van der Waals surface area contributed by atoms with E-state index in [9.17, 15) is 0 Å². The van der Waals surface area contributed by atoms with Crippen LogP contribution < -0.4 is 9.47 Å². The molecule has 0 N–H and O–H groups in total. The molecule has 0 aliphatic carbocycles. The van der Waals surface area contributed by atoms with E-state index in [2.05, 4.69) is 108 Å². The van der Waals surface area contributed by atoms with Gasteiger partial charge in [0.05, 0.1) is 0 Å². The van der Waals surface area contributed by atoms with Gasteiger partial charge in [-0.1, -0.05) is 91.8 Å². The Labute approximate surface area is 186 Å². The number of ether oxygens (including phenoxy) is 2. The average molecular weight is 409 g/mol. The minimum atomic E-state index is -0.352. The summed E-state index contributed by atoms with van der Waals surface area (Å²) in [6, 6.07) is 13.0. The maximum Gasteiger partial charge on any atom is 0.227 e. The lowest BCUT2D eigenvalue weighted by Gasteiger charge is -2.28. The first-order valence-corrected chi connectivity index (χ1v) is 11.8. The largest absolute Gasteiger partial charge is 0.456 e. The second-order valence-corrected chi connectivity index (χ2v) is 9.52. The van der Waals surface area contributed by atoms with Crippen LogP contribution in [-0.4, -0.2) is 22.6 Å². The Balaban J connectivity index is 2.46. The van der Waals surface area contributed by atoms with Gasteiger partial charge in [-0.2, -0.15) is 0 Å². The zero-order valence-corrected chi connectivity index (χ0v) is 20.6. The van der Waals surface area contributed by atoms with Gasteiger partial charge in [-0.25, -0.2) is 0 Å². The first-order chi connectivity index (χ1) is 13.7. The summed E-state index contributed by atoms with van der Waals surface area (Å²) >= 11 is 2.80. The molecule has 0 aliphatic rings. The van der Waals surface area contributed by atoms with Crippen molar-refractivity contribution in [2.75, 3.05) is 0 Å². The van der Waals surface area contributed by atoms with Crippen LogP contribution in [0.1, 0.15) is 101 Å². The fourth-order valence-electron chi connectivity index (χ4n) is 3.62.